The van der Waals surface area contributed by atoms with E-state index in [0.717, 1.165) is 5.56 Å². The predicted molar refractivity (Wildman–Crippen MR) is 85.4 cm³/mol. The standard InChI is InChI=1S/C16H15ClN2O3/c1-11(12-3-2-4-14(20)9-12)18-19-16(21)10-22-15-7-5-13(17)6-8-15/h2-9,20H,10H2,1H3,(H,19,21)/b18-11+. The zero-order valence-corrected chi connectivity index (χ0v) is 12.7. The fraction of sp³-hybridized carbons (Fsp3) is 0.125. The fourth-order valence-electron chi connectivity index (χ4n) is 1.65. The average molecular weight is 319 g/mol. The van der Waals surface area contributed by atoms with Crippen LogP contribution in [-0.2, 0) is 4.79 Å². The van der Waals surface area contributed by atoms with Crippen LogP contribution in [0.3, 0.4) is 0 Å². The average Bonchev–Trinajstić information content (AvgIpc) is 2.52. The molecule has 0 aromatic heterocycles. The number of aromatic hydroxyl groups is 1. The largest absolute Gasteiger partial charge is 0.508 e. The van der Waals surface area contributed by atoms with E-state index in [-0.39, 0.29) is 18.3 Å². The van der Waals surface area contributed by atoms with Gasteiger partial charge in [0.25, 0.3) is 5.91 Å². The van der Waals surface area contributed by atoms with Crippen LogP contribution in [-0.4, -0.2) is 23.3 Å². The summed E-state index contributed by atoms with van der Waals surface area (Å²) in [7, 11) is 0. The minimum absolute atomic E-state index is 0.143. The monoisotopic (exact) mass is 318 g/mol. The zero-order valence-electron chi connectivity index (χ0n) is 11.9. The lowest BCUT2D eigenvalue weighted by Crippen LogP contribution is -2.25. The summed E-state index contributed by atoms with van der Waals surface area (Å²) >= 11 is 5.76. The van der Waals surface area contributed by atoms with Gasteiger partial charge in [0, 0.05) is 10.6 Å². The number of benzene rings is 2. The summed E-state index contributed by atoms with van der Waals surface area (Å²) in [6.45, 7) is 1.58. The van der Waals surface area contributed by atoms with Crippen molar-refractivity contribution < 1.29 is 14.6 Å². The third-order valence-electron chi connectivity index (χ3n) is 2.80. The first-order valence-corrected chi connectivity index (χ1v) is 6.93. The first kappa shape index (κ1) is 15.9. The van der Waals surface area contributed by atoms with E-state index in [4.69, 9.17) is 16.3 Å². The fourth-order valence-corrected chi connectivity index (χ4v) is 1.78. The van der Waals surface area contributed by atoms with Crippen LogP contribution in [0.15, 0.2) is 53.6 Å². The molecule has 0 heterocycles. The van der Waals surface area contributed by atoms with Crippen molar-refractivity contribution in [2.45, 2.75) is 6.92 Å². The minimum Gasteiger partial charge on any atom is -0.508 e. The van der Waals surface area contributed by atoms with E-state index in [1.807, 2.05) is 0 Å². The summed E-state index contributed by atoms with van der Waals surface area (Å²) in [6.07, 6.45) is 0. The Bertz CT molecular complexity index is 684. The van der Waals surface area contributed by atoms with Gasteiger partial charge in [-0.3, -0.25) is 4.79 Å². The smallest absolute Gasteiger partial charge is 0.277 e. The van der Waals surface area contributed by atoms with Crippen molar-refractivity contribution in [1.82, 2.24) is 5.43 Å². The third-order valence-corrected chi connectivity index (χ3v) is 3.05. The molecular formula is C16H15ClN2O3. The van der Waals surface area contributed by atoms with Crippen LogP contribution in [0.2, 0.25) is 5.02 Å². The number of ether oxygens (including phenoxy) is 1. The maximum absolute atomic E-state index is 11.7. The van der Waals surface area contributed by atoms with Gasteiger partial charge in [0.2, 0.25) is 0 Å². The normalized spacial score (nSPS) is 11.1. The molecule has 0 aliphatic rings. The van der Waals surface area contributed by atoms with Gasteiger partial charge in [-0.1, -0.05) is 23.7 Å². The molecule has 5 nitrogen and oxygen atoms in total. The summed E-state index contributed by atoms with van der Waals surface area (Å²) in [5, 5.41) is 14.0. The summed E-state index contributed by atoms with van der Waals surface area (Å²) in [6, 6.07) is 13.3. The topological polar surface area (TPSA) is 70.9 Å². The van der Waals surface area contributed by atoms with Gasteiger partial charge in [-0.15, -0.1) is 0 Å². The highest BCUT2D eigenvalue weighted by Gasteiger charge is 2.03. The molecule has 0 aliphatic heterocycles. The second-order valence-corrected chi connectivity index (χ2v) is 4.96. The SMILES string of the molecule is C/C(=N\NC(=O)COc1ccc(Cl)cc1)c1cccc(O)c1. The van der Waals surface area contributed by atoms with E-state index in [1.54, 1.807) is 55.5 Å². The number of hydrazone groups is 1. The van der Waals surface area contributed by atoms with Gasteiger partial charge >= 0.3 is 0 Å². The van der Waals surface area contributed by atoms with Crippen molar-refractivity contribution >= 4 is 23.2 Å². The highest BCUT2D eigenvalue weighted by Crippen LogP contribution is 2.15. The Balaban J connectivity index is 1.86. The van der Waals surface area contributed by atoms with Crippen molar-refractivity contribution in [2.75, 3.05) is 6.61 Å². The Labute approximate surface area is 133 Å². The number of hydrogen-bond donors (Lipinski definition) is 2. The Hall–Kier alpha value is -2.53. The second kappa shape index (κ2) is 7.47. The molecule has 0 atom stereocenters. The first-order valence-electron chi connectivity index (χ1n) is 6.55. The van der Waals surface area contributed by atoms with Crippen LogP contribution in [0.1, 0.15) is 12.5 Å². The Kier molecular flexibility index (Phi) is 5.38. The van der Waals surface area contributed by atoms with Crippen LogP contribution >= 0.6 is 11.6 Å². The predicted octanol–water partition coefficient (Wildman–Crippen LogP) is 2.96. The number of carbonyl (C=O) groups excluding carboxylic acids is 1. The number of nitrogens with one attached hydrogen (secondary N) is 1. The van der Waals surface area contributed by atoms with Crippen LogP contribution in [0, 0.1) is 0 Å². The van der Waals surface area contributed by atoms with Crippen molar-refractivity contribution in [2.24, 2.45) is 5.10 Å². The Morgan fingerprint density at radius 1 is 1.27 bits per heavy atom. The molecule has 2 aromatic carbocycles. The molecule has 0 aliphatic carbocycles. The zero-order chi connectivity index (χ0) is 15.9. The number of rotatable bonds is 5. The Morgan fingerprint density at radius 3 is 2.68 bits per heavy atom. The summed E-state index contributed by atoms with van der Waals surface area (Å²) in [4.78, 5) is 11.7. The minimum atomic E-state index is -0.380. The summed E-state index contributed by atoms with van der Waals surface area (Å²) in [5.41, 5.74) is 3.70. The number of amides is 1. The number of phenolic OH excluding ortho intramolecular Hbond substituents is 1. The number of phenols is 1. The summed E-state index contributed by atoms with van der Waals surface area (Å²) < 4.78 is 5.30. The van der Waals surface area contributed by atoms with Crippen LogP contribution in [0.25, 0.3) is 0 Å². The molecule has 0 unspecified atom stereocenters. The molecule has 2 rings (SSSR count). The lowest BCUT2D eigenvalue weighted by molar-refractivity contribution is -0.123. The number of carbonyl (C=O) groups is 1. The van der Waals surface area contributed by atoms with Crippen molar-refractivity contribution in [3.05, 3.63) is 59.1 Å². The highest BCUT2D eigenvalue weighted by atomic mass is 35.5. The molecule has 22 heavy (non-hydrogen) atoms. The van der Waals surface area contributed by atoms with E-state index in [9.17, 15) is 9.90 Å². The molecule has 0 bridgehead atoms. The van der Waals surface area contributed by atoms with E-state index in [0.29, 0.717) is 16.5 Å². The summed E-state index contributed by atoms with van der Waals surface area (Å²) in [5.74, 6) is 0.312. The Morgan fingerprint density at radius 2 is 2.00 bits per heavy atom. The third kappa shape index (κ3) is 4.79. The van der Waals surface area contributed by atoms with Gasteiger partial charge in [0.15, 0.2) is 6.61 Å². The molecule has 6 heteroatoms. The van der Waals surface area contributed by atoms with Crippen molar-refractivity contribution in [1.29, 1.82) is 0 Å². The molecule has 0 saturated carbocycles. The van der Waals surface area contributed by atoms with Crippen molar-refractivity contribution in [3.8, 4) is 11.5 Å². The lowest BCUT2D eigenvalue weighted by Gasteiger charge is -2.06. The molecule has 114 valence electrons. The highest BCUT2D eigenvalue weighted by molar-refractivity contribution is 6.30. The van der Waals surface area contributed by atoms with Gasteiger partial charge in [-0.2, -0.15) is 5.10 Å². The quantitative estimate of drug-likeness (QED) is 0.657. The van der Waals surface area contributed by atoms with Gasteiger partial charge in [-0.25, -0.2) is 5.43 Å². The van der Waals surface area contributed by atoms with E-state index >= 15 is 0 Å². The van der Waals surface area contributed by atoms with E-state index in [1.165, 1.54) is 0 Å². The van der Waals surface area contributed by atoms with Crippen LogP contribution < -0.4 is 10.2 Å². The maximum atomic E-state index is 11.7. The molecule has 0 fully saturated rings. The molecular weight excluding hydrogens is 304 g/mol. The maximum Gasteiger partial charge on any atom is 0.277 e. The van der Waals surface area contributed by atoms with Crippen LogP contribution in [0.4, 0.5) is 0 Å². The lowest BCUT2D eigenvalue weighted by atomic mass is 10.1. The van der Waals surface area contributed by atoms with Crippen LogP contribution in [0.5, 0.6) is 11.5 Å². The molecule has 0 spiro atoms. The van der Waals surface area contributed by atoms with Gasteiger partial charge in [-0.05, 0) is 43.3 Å². The van der Waals surface area contributed by atoms with Crippen molar-refractivity contribution in [3.63, 3.8) is 0 Å². The van der Waals surface area contributed by atoms with E-state index < -0.39 is 0 Å². The van der Waals surface area contributed by atoms with Gasteiger partial charge in [0.05, 0.1) is 5.71 Å². The molecule has 0 radical (unpaired) electrons. The molecule has 2 N–H and O–H groups in total. The number of halogens is 1. The molecule has 2 aromatic rings. The number of hydrogen-bond acceptors (Lipinski definition) is 4. The molecule has 1 amide bonds. The second-order valence-electron chi connectivity index (χ2n) is 4.53. The van der Waals surface area contributed by atoms with Gasteiger partial charge in [0.1, 0.15) is 11.5 Å². The molecule has 0 saturated heterocycles. The van der Waals surface area contributed by atoms with Gasteiger partial charge < -0.3 is 9.84 Å². The first-order chi connectivity index (χ1) is 10.5. The van der Waals surface area contributed by atoms with E-state index in [2.05, 4.69) is 10.5 Å². The number of nitrogens with zero attached hydrogens (tertiary/aromatic N) is 1.